The Labute approximate surface area is 115 Å². The Bertz CT molecular complexity index is 398. The third kappa shape index (κ3) is 5.30. The van der Waals surface area contributed by atoms with Crippen LogP contribution in [0.5, 0.6) is 5.75 Å². The highest BCUT2D eigenvalue weighted by atomic mass is 16.5. The van der Waals surface area contributed by atoms with Crippen LogP contribution in [0.2, 0.25) is 0 Å². The molecule has 0 aromatic heterocycles. The van der Waals surface area contributed by atoms with Crippen LogP contribution < -0.4 is 4.74 Å². The van der Waals surface area contributed by atoms with Gasteiger partial charge >= 0.3 is 0 Å². The van der Waals surface area contributed by atoms with Crippen LogP contribution in [0.4, 0.5) is 0 Å². The van der Waals surface area contributed by atoms with E-state index in [9.17, 15) is 9.90 Å². The van der Waals surface area contributed by atoms with Crippen LogP contribution in [0.25, 0.3) is 0 Å². The van der Waals surface area contributed by atoms with E-state index >= 15 is 0 Å². The van der Waals surface area contributed by atoms with E-state index < -0.39 is 6.10 Å². The number of benzene rings is 1. The van der Waals surface area contributed by atoms with E-state index in [1.54, 1.807) is 38.2 Å². The van der Waals surface area contributed by atoms with Crippen molar-refractivity contribution in [3.05, 3.63) is 29.8 Å². The highest BCUT2D eigenvalue weighted by molar-refractivity contribution is 5.94. The summed E-state index contributed by atoms with van der Waals surface area (Å²) in [6.45, 7) is 6.82. The highest BCUT2D eigenvalue weighted by Crippen LogP contribution is 2.14. The maximum atomic E-state index is 12.0. The van der Waals surface area contributed by atoms with Crippen LogP contribution in [0.15, 0.2) is 24.3 Å². The van der Waals surface area contributed by atoms with Crippen molar-refractivity contribution in [3.8, 4) is 5.75 Å². The lowest BCUT2D eigenvalue weighted by Crippen LogP contribution is -2.32. The van der Waals surface area contributed by atoms with E-state index in [2.05, 4.69) is 13.8 Å². The van der Waals surface area contributed by atoms with Gasteiger partial charge in [0.15, 0.2) is 0 Å². The van der Waals surface area contributed by atoms with Gasteiger partial charge < -0.3 is 14.7 Å². The number of carbonyl (C=O) groups excluding carboxylic acids is 1. The molecule has 1 aromatic rings. The number of aliphatic hydroxyl groups is 1. The van der Waals surface area contributed by atoms with Gasteiger partial charge in [0.1, 0.15) is 5.75 Å². The molecule has 0 fully saturated rings. The first kappa shape index (κ1) is 15.5. The largest absolute Gasteiger partial charge is 0.493 e. The Morgan fingerprint density at radius 2 is 1.84 bits per heavy atom. The summed E-state index contributed by atoms with van der Waals surface area (Å²) in [6.07, 6.45) is -0.525. The first-order valence-electron chi connectivity index (χ1n) is 6.56. The van der Waals surface area contributed by atoms with E-state index in [1.165, 1.54) is 4.90 Å². The van der Waals surface area contributed by atoms with Gasteiger partial charge in [0.2, 0.25) is 0 Å². The van der Waals surface area contributed by atoms with E-state index in [0.717, 1.165) is 5.75 Å². The molecule has 19 heavy (non-hydrogen) atoms. The normalized spacial score (nSPS) is 12.3. The fraction of sp³-hybridized carbons (Fsp3) is 0.533. The Morgan fingerprint density at radius 1 is 1.26 bits per heavy atom. The smallest absolute Gasteiger partial charge is 0.253 e. The van der Waals surface area contributed by atoms with Gasteiger partial charge in [-0.3, -0.25) is 4.79 Å². The number of amides is 1. The van der Waals surface area contributed by atoms with Gasteiger partial charge in [-0.2, -0.15) is 0 Å². The van der Waals surface area contributed by atoms with Crippen LogP contribution in [0.1, 0.15) is 31.1 Å². The number of hydrogen-bond donors (Lipinski definition) is 1. The van der Waals surface area contributed by atoms with Crippen molar-refractivity contribution in [3.63, 3.8) is 0 Å². The predicted molar refractivity (Wildman–Crippen MR) is 75.4 cm³/mol. The minimum absolute atomic E-state index is 0.101. The van der Waals surface area contributed by atoms with Crippen LogP contribution in [0, 0.1) is 5.92 Å². The van der Waals surface area contributed by atoms with Crippen molar-refractivity contribution in [1.82, 2.24) is 4.90 Å². The van der Waals surface area contributed by atoms with Crippen molar-refractivity contribution in [2.75, 3.05) is 20.2 Å². The first-order chi connectivity index (χ1) is 8.90. The molecule has 0 saturated heterocycles. The molecule has 0 bridgehead atoms. The van der Waals surface area contributed by atoms with Crippen molar-refractivity contribution in [1.29, 1.82) is 0 Å². The molecule has 1 rings (SSSR count). The van der Waals surface area contributed by atoms with Crippen LogP contribution >= 0.6 is 0 Å². The molecule has 1 unspecified atom stereocenters. The fourth-order valence-electron chi connectivity index (χ4n) is 1.66. The molecule has 1 amide bonds. The maximum absolute atomic E-state index is 12.0. The summed E-state index contributed by atoms with van der Waals surface area (Å²) in [5.41, 5.74) is 0.597. The fourth-order valence-corrected chi connectivity index (χ4v) is 1.66. The Morgan fingerprint density at radius 3 is 2.32 bits per heavy atom. The van der Waals surface area contributed by atoms with E-state index in [0.29, 0.717) is 24.6 Å². The quantitative estimate of drug-likeness (QED) is 0.857. The molecule has 0 aliphatic carbocycles. The maximum Gasteiger partial charge on any atom is 0.253 e. The van der Waals surface area contributed by atoms with Gasteiger partial charge in [0.25, 0.3) is 5.91 Å². The molecule has 0 heterocycles. The van der Waals surface area contributed by atoms with E-state index in [1.807, 2.05) is 0 Å². The molecule has 4 nitrogen and oxygen atoms in total. The molecule has 4 heteroatoms. The molecular weight excluding hydrogens is 242 g/mol. The average Bonchev–Trinajstić information content (AvgIpc) is 2.35. The Hall–Kier alpha value is -1.55. The van der Waals surface area contributed by atoms with Crippen LogP contribution in [0.3, 0.4) is 0 Å². The zero-order valence-electron chi connectivity index (χ0n) is 12.1. The van der Waals surface area contributed by atoms with Crippen LogP contribution in [-0.2, 0) is 0 Å². The third-order valence-electron chi connectivity index (χ3n) is 2.57. The third-order valence-corrected chi connectivity index (χ3v) is 2.57. The minimum atomic E-state index is -0.525. The lowest BCUT2D eigenvalue weighted by atomic mass is 10.2. The molecule has 0 spiro atoms. The molecule has 0 aliphatic rings. The van der Waals surface area contributed by atoms with Crippen molar-refractivity contribution in [2.45, 2.75) is 26.9 Å². The predicted octanol–water partition coefficient (Wildman–Crippen LogP) is 2.17. The van der Waals surface area contributed by atoms with E-state index in [4.69, 9.17) is 4.74 Å². The summed E-state index contributed by atoms with van der Waals surface area (Å²) in [6, 6.07) is 7.09. The number of hydrogen-bond acceptors (Lipinski definition) is 3. The minimum Gasteiger partial charge on any atom is -0.493 e. The summed E-state index contributed by atoms with van der Waals surface area (Å²) in [4.78, 5) is 13.5. The van der Waals surface area contributed by atoms with Crippen molar-refractivity contribution >= 4 is 5.91 Å². The Balaban J connectivity index is 2.62. The summed E-state index contributed by atoms with van der Waals surface area (Å²) >= 11 is 0. The van der Waals surface area contributed by atoms with E-state index in [-0.39, 0.29) is 5.91 Å². The van der Waals surface area contributed by atoms with Crippen LogP contribution in [-0.4, -0.2) is 42.2 Å². The van der Waals surface area contributed by atoms with Gasteiger partial charge in [-0.1, -0.05) is 13.8 Å². The van der Waals surface area contributed by atoms with Gasteiger partial charge in [-0.15, -0.1) is 0 Å². The molecule has 106 valence electrons. The van der Waals surface area contributed by atoms with Gasteiger partial charge in [0.05, 0.1) is 12.7 Å². The lowest BCUT2D eigenvalue weighted by molar-refractivity contribution is 0.0703. The molecule has 1 aromatic carbocycles. The Kier molecular flexibility index (Phi) is 5.83. The highest BCUT2D eigenvalue weighted by Gasteiger charge is 2.13. The number of ether oxygens (including phenoxy) is 1. The number of aliphatic hydroxyl groups excluding tert-OH is 1. The molecule has 0 radical (unpaired) electrons. The SMILES string of the molecule is CC(C)COc1ccc(C(=O)N(C)CC(C)O)cc1. The monoisotopic (exact) mass is 265 g/mol. The number of rotatable bonds is 6. The second-order valence-electron chi connectivity index (χ2n) is 5.26. The molecular formula is C15H23NO3. The van der Waals surface area contributed by atoms with Gasteiger partial charge in [-0.05, 0) is 37.1 Å². The summed E-state index contributed by atoms with van der Waals surface area (Å²) < 4.78 is 5.56. The second kappa shape index (κ2) is 7.14. The van der Waals surface area contributed by atoms with Crippen molar-refractivity contribution in [2.24, 2.45) is 5.92 Å². The van der Waals surface area contributed by atoms with Gasteiger partial charge in [-0.25, -0.2) is 0 Å². The molecule has 0 saturated carbocycles. The van der Waals surface area contributed by atoms with Crippen molar-refractivity contribution < 1.29 is 14.6 Å². The summed E-state index contributed by atoms with van der Waals surface area (Å²) in [5, 5.41) is 9.27. The first-order valence-corrected chi connectivity index (χ1v) is 6.56. The van der Waals surface area contributed by atoms with Gasteiger partial charge in [0, 0.05) is 19.2 Å². The number of likely N-dealkylation sites (N-methyl/N-ethyl adjacent to an activating group) is 1. The zero-order valence-corrected chi connectivity index (χ0v) is 12.1. The molecule has 1 atom stereocenters. The summed E-state index contributed by atoms with van der Waals surface area (Å²) in [7, 11) is 1.68. The topological polar surface area (TPSA) is 49.8 Å². The summed E-state index contributed by atoms with van der Waals surface area (Å²) in [5.74, 6) is 1.14. The lowest BCUT2D eigenvalue weighted by Gasteiger charge is -2.19. The molecule has 1 N–H and O–H groups in total. The molecule has 0 aliphatic heterocycles. The average molecular weight is 265 g/mol. The number of nitrogens with zero attached hydrogens (tertiary/aromatic N) is 1. The number of carbonyl (C=O) groups is 1. The standard InChI is InChI=1S/C15H23NO3/c1-11(2)10-19-14-7-5-13(6-8-14)15(18)16(4)9-12(3)17/h5-8,11-12,17H,9-10H2,1-4H3. The second-order valence-corrected chi connectivity index (χ2v) is 5.26. The zero-order chi connectivity index (χ0) is 14.4.